The summed E-state index contributed by atoms with van der Waals surface area (Å²) < 4.78 is 38.5. The molecule has 1 saturated heterocycles. The zero-order valence-corrected chi connectivity index (χ0v) is 13.6. The summed E-state index contributed by atoms with van der Waals surface area (Å²) in [6, 6.07) is -0.602. The molecule has 2 atom stereocenters. The van der Waals surface area contributed by atoms with E-state index >= 15 is 0 Å². The highest BCUT2D eigenvalue weighted by Gasteiger charge is 2.43. The first-order valence-corrected chi connectivity index (χ1v) is 8.05. The molecule has 0 radical (unpaired) electrons. The van der Waals surface area contributed by atoms with Crippen molar-refractivity contribution in [2.24, 2.45) is 5.92 Å². The highest BCUT2D eigenvalue weighted by molar-refractivity contribution is 7.15. The van der Waals surface area contributed by atoms with Crippen LogP contribution >= 0.6 is 11.3 Å². The minimum atomic E-state index is -4.20. The SMILES string of the molecule is Cc1nc(NC(=O)[C@H](C)N2CCC[C@@H](C(F)(F)F)C2)sc1C. The van der Waals surface area contributed by atoms with E-state index in [-0.39, 0.29) is 18.9 Å². The Hall–Kier alpha value is -1.15. The van der Waals surface area contributed by atoms with E-state index in [0.717, 1.165) is 10.6 Å². The Morgan fingerprint density at radius 1 is 1.45 bits per heavy atom. The fourth-order valence-corrected chi connectivity index (χ4v) is 3.34. The fraction of sp³-hybridized carbons (Fsp3) is 0.714. The van der Waals surface area contributed by atoms with Crippen LogP contribution in [0.15, 0.2) is 0 Å². The Bertz CT molecular complexity index is 524. The Morgan fingerprint density at radius 3 is 2.68 bits per heavy atom. The van der Waals surface area contributed by atoms with Gasteiger partial charge in [0.2, 0.25) is 5.91 Å². The Labute approximate surface area is 131 Å². The molecule has 22 heavy (non-hydrogen) atoms. The molecule has 1 aromatic heterocycles. The second-order valence-electron chi connectivity index (χ2n) is 5.70. The monoisotopic (exact) mass is 335 g/mol. The number of aryl methyl sites for hydroxylation is 2. The highest BCUT2D eigenvalue weighted by Crippen LogP contribution is 2.33. The molecule has 0 saturated carbocycles. The number of carbonyl (C=O) groups is 1. The number of thiazole rings is 1. The molecule has 2 heterocycles. The lowest BCUT2D eigenvalue weighted by molar-refractivity contribution is -0.188. The topological polar surface area (TPSA) is 45.2 Å². The second-order valence-corrected chi connectivity index (χ2v) is 6.90. The van der Waals surface area contributed by atoms with Crippen molar-refractivity contribution in [2.75, 3.05) is 18.4 Å². The lowest BCUT2D eigenvalue weighted by atomic mass is 9.96. The number of alkyl halides is 3. The molecule has 0 aliphatic carbocycles. The third-order valence-corrected chi connectivity index (χ3v) is 5.09. The van der Waals surface area contributed by atoms with Gasteiger partial charge in [0.25, 0.3) is 0 Å². The van der Waals surface area contributed by atoms with Crippen molar-refractivity contribution in [2.45, 2.75) is 45.8 Å². The number of hydrogen-bond acceptors (Lipinski definition) is 4. The van der Waals surface area contributed by atoms with Crippen LogP contribution in [-0.2, 0) is 4.79 Å². The molecule has 0 unspecified atom stereocenters. The Morgan fingerprint density at radius 2 is 2.14 bits per heavy atom. The van der Waals surface area contributed by atoms with Gasteiger partial charge in [-0.15, -0.1) is 11.3 Å². The number of nitrogens with zero attached hydrogens (tertiary/aromatic N) is 2. The average molecular weight is 335 g/mol. The lowest BCUT2D eigenvalue weighted by Gasteiger charge is -2.36. The van der Waals surface area contributed by atoms with Crippen LogP contribution < -0.4 is 5.32 Å². The minimum absolute atomic E-state index is 0.117. The molecule has 1 amide bonds. The molecule has 2 rings (SSSR count). The number of carbonyl (C=O) groups excluding carboxylic acids is 1. The van der Waals surface area contributed by atoms with Crippen LogP contribution in [0.4, 0.5) is 18.3 Å². The standard InChI is InChI=1S/C14H20F3N3OS/c1-8-10(3)22-13(18-8)19-12(21)9(2)20-6-4-5-11(7-20)14(15,16)17/h9,11H,4-7H2,1-3H3,(H,18,19,21)/t9-,11+/m0/s1. The predicted molar refractivity (Wildman–Crippen MR) is 80.0 cm³/mol. The summed E-state index contributed by atoms with van der Waals surface area (Å²) in [4.78, 5) is 19.1. The van der Waals surface area contributed by atoms with Crippen molar-refractivity contribution in [3.63, 3.8) is 0 Å². The number of rotatable bonds is 3. The number of nitrogens with one attached hydrogen (secondary N) is 1. The molecule has 0 spiro atoms. The number of piperidine rings is 1. The molecule has 8 heteroatoms. The van der Waals surface area contributed by atoms with E-state index in [1.54, 1.807) is 11.8 Å². The number of halogens is 3. The molecule has 0 bridgehead atoms. The van der Waals surface area contributed by atoms with Crippen LogP contribution in [0.25, 0.3) is 0 Å². The van der Waals surface area contributed by atoms with Crippen molar-refractivity contribution < 1.29 is 18.0 Å². The van der Waals surface area contributed by atoms with E-state index in [0.29, 0.717) is 18.1 Å². The smallest absolute Gasteiger partial charge is 0.301 e. The summed E-state index contributed by atoms with van der Waals surface area (Å²) in [5, 5.41) is 3.20. The quantitative estimate of drug-likeness (QED) is 0.921. The molecule has 1 aliphatic rings. The third-order valence-electron chi connectivity index (χ3n) is 4.10. The number of likely N-dealkylation sites (tertiary alicyclic amines) is 1. The first-order chi connectivity index (χ1) is 10.2. The Balaban J connectivity index is 1.98. The first-order valence-electron chi connectivity index (χ1n) is 7.24. The minimum Gasteiger partial charge on any atom is -0.301 e. The van der Waals surface area contributed by atoms with Crippen molar-refractivity contribution >= 4 is 22.4 Å². The van der Waals surface area contributed by atoms with E-state index < -0.39 is 18.1 Å². The first kappa shape index (κ1) is 17.2. The largest absolute Gasteiger partial charge is 0.393 e. The summed E-state index contributed by atoms with van der Waals surface area (Å²) in [6.07, 6.45) is -3.60. The maximum absolute atomic E-state index is 12.8. The molecule has 1 aromatic rings. The number of amides is 1. The van der Waals surface area contributed by atoms with Gasteiger partial charge >= 0.3 is 6.18 Å². The molecule has 1 fully saturated rings. The van der Waals surface area contributed by atoms with Crippen molar-refractivity contribution in [1.82, 2.24) is 9.88 Å². The zero-order chi connectivity index (χ0) is 16.5. The molecular formula is C14H20F3N3OS. The predicted octanol–water partition coefficient (Wildman–Crippen LogP) is 3.36. The maximum atomic E-state index is 12.8. The van der Waals surface area contributed by atoms with Crippen molar-refractivity contribution in [3.8, 4) is 0 Å². The van der Waals surface area contributed by atoms with E-state index in [1.807, 2.05) is 13.8 Å². The van der Waals surface area contributed by atoms with Gasteiger partial charge < -0.3 is 5.32 Å². The van der Waals surface area contributed by atoms with Gasteiger partial charge in [0.05, 0.1) is 17.7 Å². The van der Waals surface area contributed by atoms with Crippen LogP contribution in [0.1, 0.15) is 30.3 Å². The van der Waals surface area contributed by atoms with Crippen LogP contribution in [0.2, 0.25) is 0 Å². The van der Waals surface area contributed by atoms with Crippen molar-refractivity contribution in [1.29, 1.82) is 0 Å². The van der Waals surface area contributed by atoms with E-state index in [1.165, 1.54) is 11.3 Å². The molecule has 4 nitrogen and oxygen atoms in total. The Kier molecular flexibility index (Phi) is 5.11. The summed E-state index contributed by atoms with van der Waals surface area (Å²) in [5.74, 6) is -1.66. The van der Waals surface area contributed by atoms with Crippen LogP contribution in [-0.4, -0.2) is 41.1 Å². The van der Waals surface area contributed by atoms with Gasteiger partial charge in [0, 0.05) is 11.4 Å². The van der Waals surface area contributed by atoms with Gasteiger partial charge in [-0.05, 0) is 40.2 Å². The third kappa shape index (κ3) is 3.98. The van der Waals surface area contributed by atoms with Crippen LogP contribution in [0.5, 0.6) is 0 Å². The molecule has 124 valence electrons. The van der Waals surface area contributed by atoms with Crippen LogP contribution in [0, 0.1) is 19.8 Å². The molecule has 1 aliphatic heterocycles. The van der Waals surface area contributed by atoms with Gasteiger partial charge in [-0.1, -0.05) is 0 Å². The zero-order valence-electron chi connectivity index (χ0n) is 12.8. The van der Waals surface area contributed by atoms with Gasteiger partial charge in [-0.2, -0.15) is 13.2 Å². The van der Waals surface area contributed by atoms with Gasteiger partial charge in [0.15, 0.2) is 5.13 Å². The average Bonchev–Trinajstić information content (AvgIpc) is 2.75. The fourth-order valence-electron chi connectivity index (χ4n) is 2.53. The van der Waals surface area contributed by atoms with Crippen LogP contribution in [0.3, 0.4) is 0 Å². The number of hydrogen-bond donors (Lipinski definition) is 1. The lowest BCUT2D eigenvalue weighted by Crippen LogP contribution is -2.49. The van der Waals surface area contributed by atoms with Gasteiger partial charge in [-0.25, -0.2) is 4.98 Å². The normalized spacial score (nSPS) is 21.6. The molecular weight excluding hydrogens is 315 g/mol. The van der Waals surface area contributed by atoms with E-state index in [2.05, 4.69) is 10.3 Å². The van der Waals surface area contributed by atoms with E-state index in [4.69, 9.17) is 0 Å². The number of aromatic nitrogens is 1. The number of anilines is 1. The summed E-state index contributed by atoms with van der Waals surface area (Å²) in [6.45, 7) is 5.79. The summed E-state index contributed by atoms with van der Waals surface area (Å²) in [5.41, 5.74) is 0.850. The summed E-state index contributed by atoms with van der Waals surface area (Å²) in [7, 11) is 0. The van der Waals surface area contributed by atoms with Crippen molar-refractivity contribution in [3.05, 3.63) is 10.6 Å². The second kappa shape index (κ2) is 6.54. The maximum Gasteiger partial charge on any atom is 0.393 e. The molecule has 0 aromatic carbocycles. The van der Waals surface area contributed by atoms with Gasteiger partial charge in [0.1, 0.15) is 0 Å². The summed E-state index contributed by atoms with van der Waals surface area (Å²) >= 11 is 1.37. The van der Waals surface area contributed by atoms with Gasteiger partial charge in [-0.3, -0.25) is 9.69 Å². The highest BCUT2D eigenvalue weighted by atomic mass is 32.1. The molecule has 1 N–H and O–H groups in total. The van der Waals surface area contributed by atoms with E-state index in [9.17, 15) is 18.0 Å².